The SMILES string of the molecule is CCC(C)(C(=O)N(CCCN1CC(C)(C)NC(C)(C)C1=O)C1CCCCC1)c1cc(C(C)(C)C)c(O)c(C(C)(C)C)c1. The van der Waals surface area contributed by atoms with Gasteiger partial charge in [0.05, 0.1) is 11.0 Å². The van der Waals surface area contributed by atoms with Crippen LogP contribution in [-0.4, -0.2) is 63.5 Å². The monoisotopic (exact) mass is 583 g/mol. The second-order valence-electron chi connectivity index (χ2n) is 16.6. The van der Waals surface area contributed by atoms with E-state index in [1.807, 2.05) is 18.7 Å². The van der Waals surface area contributed by atoms with Crippen molar-refractivity contribution in [3.8, 4) is 5.75 Å². The van der Waals surface area contributed by atoms with Crippen LogP contribution < -0.4 is 5.32 Å². The Labute approximate surface area is 257 Å². The van der Waals surface area contributed by atoms with Crippen molar-refractivity contribution < 1.29 is 14.7 Å². The fourth-order valence-electron chi connectivity index (χ4n) is 7.23. The van der Waals surface area contributed by atoms with Crippen LogP contribution in [0.1, 0.15) is 145 Å². The molecule has 1 atom stereocenters. The molecule has 2 aliphatic rings. The standard InChI is InChI=1S/C36H61N3O3/c1-13-36(12,25-22-27(32(2,3)4)29(40)28(23-25)33(5,6)7)31(42)39(26-18-15-14-16-19-26)21-17-20-38-24-34(8,9)37-35(10,11)30(38)41/h22-23,26,37,40H,13-21,24H2,1-12H3. The first-order chi connectivity index (χ1) is 19.1. The molecule has 1 saturated carbocycles. The largest absolute Gasteiger partial charge is 0.507 e. The number of aromatic hydroxyl groups is 1. The van der Waals surface area contributed by atoms with Crippen molar-refractivity contribution >= 4 is 11.8 Å². The lowest BCUT2D eigenvalue weighted by atomic mass is 9.71. The molecule has 1 heterocycles. The van der Waals surface area contributed by atoms with E-state index in [9.17, 15) is 14.7 Å². The van der Waals surface area contributed by atoms with Gasteiger partial charge in [0.15, 0.2) is 0 Å². The average Bonchev–Trinajstić information content (AvgIpc) is 2.87. The van der Waals surface area contributed by atoms with Crippen molar-refractivity contribution in [2.75, 3.05) is 19.6 Å². The number of piperazine rings is 1. The normalized spacial score (nSPS) is 21.2. The highest BCUT2D eigenvalue weighted by Crippen LogP contribution is 2.44. The van der Waals surface area contributed by atoms with Gasteiger partial charge in [-0.25, -0.2) is 0 Å². The van der Waals surface area contributed by atoms with Crippen molar-refractivity contribution in [1.29, 1.82) is 0 Å². The second kappa shape index (κ2) is 12.1. The first kappa shape index (κ1) is 34.4. The number of hydrogen-bond acceptors (Lipinski definition) is 4. The van der Waals surface area contributed by atoms with Crippen LogP contribution in [0, 0.1) is 0 Å². The van der Waals surface area contributed by atoms with Gasteiger partial charge in [-0.15, -0.1) is 0 Å². The maximum absolute atomic E-state index is 14.8. The van der Waals surface area contributed by atoms with Crippen LogP contribution in [0.25, 0.3) is 0 Å². The summed E-state index contributed by atoms with van der Waals surface area (Å²) in [5.74, 6) is 0.652. The lowest BCUT2D eigenvalue weighted by Gasteiger charge is -2.47. The molecule has 6 nitrogen and oxygen atoms in total. The zero-order valence-corrected chi connectivity index (χ0v) is 29.0. The molecule has 1 saturated heterocycles. The maximum atomic E-state index is 14.8. The lowest BCUT2D eigenvalue weighted by Crippen LogP contribution is -2.69. The zero-order chi connectivity index (χ0) is 31.9. The van der Waals surface area contributed by atoms with Crippen LogP contribution in [0.3, 0.4) is 0 Å². The Morgan fingerprint density at radius 2 is 1.50 bits per heavy atom. The fourth-order valence-corrected chi connectivity index (χ4v) is 7.23. The predicted molar refractivity (Wildman–Crippen MR) is 174 cm³/mol. The summed E-state index contributed by atoms with van der Waals surface area (Å²) in [7, 11) is 0. The molecule has 1 aliphatic heterocycles. The Morgan fingerprint density at radius 1 is 0.976 bits per heavy atom. The Morgan fingerprint density at radius 3 is 1.98 bits per heavy atom. The molecule has 0 spiro atoms. The molecule has 42 heavy (non-hydrogen) atoms. The van der Waals surface area contributed by atoms with Crippen molar-refractivity contribution in [3.05, 3.63) is 28.8 Å². The van der Waals surface area contributed by atoms with Crippen molar-refractivity contribution in [1.82, 2.24) is 15.1 Å². The third-order valence-corrected chi connectivity index (χ3v) is 9.70. The van der Waals surface area contributed by atoms with Gasteiger partial charge in [0.2, 0.25) is 11.8 Å². The van der Waals surface area contributed by atoms with Crippen LogP contribution >= 0.6 is 0 Å². The molecular weight excluding hydrogens is 522 g/mol. The summed E-state index contributed by atoms with van der Waals surface area (Å²) in [4.78, 5) is 32.2. The van der Waals surface area contributed by atoms with E-state index in [4.69, 9.17) is 0 Å². The Hall–Kier alpha value is -2.08. The van der Waals surface area contributed by atoms with Gasteiger partial charge in [-0.1, -0.05) is 79.9 Å². The van der Waals surface area contributed by atoms with Gasteiger partial charge < -0.3 is 14.9 Å². The van der Waals surface area contributed by atoms with Crippen LogP contribution in [0.4, 0.5) is 0 Å². The molecule has 2 N–H and O–H groups in total. The molecule has 0 radical (unpaired) electrons. The molecule has 0 aromatic heterocycles. The van der Waals surface area contributed by atoms with E-state index in [1.54, 1.807) is 0 Å². The third-order valence-electron chi connectivity index (χ3n) is 9.70. The molecular formula is C36H61N3O3. The minimum absolute atomic E-state index is 0.129. The first-order valence-electron chi connectivity index (χ1n) is 16.4. The van der Waals surface area contributed by atoms with Crippen molar-refractivity contribution in [2.24, 2.45) is 0 Å². The van der Waals surface area contributed by atoms with Crippen LogP contribution in [-0.2, 0) is 25.8 Å². The molecule has 1 aromatic carbocycles. The summed E-state index contributed by atoms with van der Waals surface area (Å²) < 4.78 is 0. The Balaban J connectivity index is 1.98. The summed E-state index contributed by atoms with van der Waals surface area (Å²) >= 11 is 0. The molecule has 1 unspecified atom stereocenters. The van der Waals surface area contributed by atoms with E-state index in [2.05, 4.69) is 91.6 Å². The molecule has 0 bridgehead atoms. The van der Waals surface area contributed by atoms with E-state index in [0.717, 1.165) is 48.8 Å². The number of amides is 2. The van der Waals surface area contributed by atoms with Crippen molar-refractivity contribution in [3.63, 3.8) is 0 Å². The fraction of sp³-hybridized carbons (Fsp3) is 0.778. The number of hydrogen-bond donors (Lipinski definition) is 2. The maximum Gasteiger partial charge on any atom is 0.242 e. The highest BCUT2D eigenvalue weighted by molar-refractivity contribution is 5.89. The number of rotatable bonds is 8. The van der Waals surface area contributed by atoms with E-state index in [0.29, 0.717) is 31.8 Å². The third kappa shape index (κ3) is 7.34. The van der Waals surface area contributed by atoms with Crippen molar-refractivity contribution in [2.45, 2.75) is 161 Å². The molecule has 3 rings (SSSR count). The first-order valence-corrected chi connectivity index (χ1v) is 16.4. The minimum Gasteiger partial charge on any atom is -0.507 e. The number of phenolic OH excluding ortho intramolecular Hbond substituents is 1. The number of nitrogens with one attached hydrogen (secondary N) is 1. The summed E-state index contributed by atoms with van der Waals surface area (Å²) in [6, 6.07) is 4.41. The molecule has 2 fully saturated rings. The van der Waals surface area contributed by atoms with Gasteiger partial charge in [-0.3, -0.25) is 14.9 Å². The van der Waals surface area contributed by atoms with Gasteiger partial charge in [-0.2, -0.15) is 0 Å². The second-order valence-corrected chi connectivity index (χ2v) is 16.6. The molecule has 2 amide bonds. The predicted octanol–water partition coefficient (Wildman–Crippen LogP) is 7.20. The number of benzene rings is 1. The van der Waals surface area contributed by atoms with Gasteiger partial charge in [0, 0.05) is 31.2 Å². The van der Waals surface area contributed by atoms with Crippen LogP contribution in [0.15, 0.2) is 12.1 Å². The molecule has 1 aromatic rings. The average molecular weight is 584 g/mol. The van der Waals surface area contributed by atoms with E-state index in [1.165, 1.54) is 6.42 Å². The summed E-state index contributed by atoms with van der Waals surface area (Å²) in [5.41, 5.74) is 0.759. The zero-order valence-electron chi connectivity index (χ0n) is 29.0. The molecule has 6 heteroatoms. The highest BCUT2D eigenvalue weighted by atomic mass is 16.3. The number of carbonyl (C=O) groups is 2. The van der Waals surface area contributed by atoms with E-state index >= 15 is 0 Å². The van der Waals surface area contributed by atoms with Gasteiger partial charge in [-0.05, 0) is 87.8 Å². The molecule has 1 aliphatic carbocycles. The van der Waals surface area contributed by atoms with Gasteiger partial charge in [0.1, 0.15) is 5.75 Å². The number of nitrogens with zero attached hydrogens (tertiary/aromatic N) is 2. The van der Waals surface area contributed by atoms with E-state index < -0.39 is 11.0 Å². The summed E-state index contributed by atoms with van der Waals surface area (Å²) in [6.45, 7) is 27.1. The topological polar surface area (TPSA) is 72.9 Å². The Bertz CT molecular complexity index is 1100. The lowest BCUT2D eigenvalue weighted by molar-refractivity contribution is -0.144. The van der Waals surface area contributed by atoms with E-state index in [-0.39, 0.29) is 34.2 Å². The van der Waals surface area contributed by atoms with Crippen LogP contribution in [0.2, 0.25) is 0 Å². The quantitative estimate of drug-likeness (QED) is 0.340. The number of phenols is 1. The smallest absolute Gasteiger partial charge is 0.242 e. The van der Waals surface area contributed by atoms with Gasteiger partial charge >= 0.3 is 0 Å². The van der Waals surface area contributed by atoms with Gasteiger partial charge in [0.25, 0.3) is 0 Å². The van der Waals surface area contributed by atoms with Crippen LogP contribution in [0.5, 0.6) is 5.75 Å². The highest BCUT2D eigenvalue weighted by Gasteiger charge is 2.44. The number of carbonyl (C=O) groups excluding carboxylic acids is 2. The summed E-state index contributed by atoms with van der Waals surface area (Å²) in [6.07, 6.45) is 7.03. The minimum atomic E-state index is -0.722. The Kier molecular flexibility index (Phi) is 9.94. The summed E-state index contributed by atoms with van der Waals surface area (Å²) in [5, 5.41) is 14.9. The molecule has 238 valence electrons.